The van der Waals surface area contributed by atoms with E-state index in [1.54, 1.807) is 24.3 Å². The fraction of sp³-hybridized carbons (Fsp3) is 0.0714. The van der Waals surface area contributed by atoms with Gasteiger partial charge in [-0.2, -0.15) is 0 Å². The number of primary amides is 1. The molecule has 1 heterocycles. The zero-order valence-corrected chi connectivity index (χ0v) is 10.9. The van der Waals surface area contributed by atoms with Crippen LogP contribution >= 0.6 is 0 Å². The molecule has 0 fully saturated rings. The topological polar surface area (TPSA) is 115 Å². The predicted octanol–water partition coefficient (Wildman–Crippen LogP) is 0.904. The van der Waals surface area contributed by atoms with Gasteiger partial charge in [0.1, 0.15) is 11.5 Å². The SMILES string of the molecule is NC(=O)COc1ccc(NC(=O)c2ncccc2O)cc1. The molecule has 0 atom stereocenters. The Labute approximate surface area is 120 Å². The van der Waals surface area contributed by atoms with E-state index in [1.807, 2.05) is 0 Å². The highest BCUT2D eigenvalue weighted by molar-refractivity contribution is 6.04. The highest BCUT2D eigenvalue weighted by Crippen LogP contribution is 2.18. The van der Waals surface area contributed by atoms with Crippen molar-refractivity contribution in [3.05, 3.63) is 48.3 Å². The predicted molar refractivity (Wildman–Crippen MR) is 75.0 cm³/mol. The van der Waals surface area contributed by atoms with Crippen molar-refractivity contribution in [2.45, 2.75) is 0 Å². The molecule has 0 saturated carbocycles. The van der Waals surface area contributed by atoms with Gasteiger partial charge in [0, 0.05) is 11.9 Å². The third-order valence-electron chi connectivity index (χ3n) is 2.49. The van der Waals surface area contributed by atoms with Crippen molar-refractivity contribution >= 4 is 17.5 Å². The lowest BCUT2D eigenvalue weighted by atomic mass is 10.2. The number of amides is 2. The van der Waals surface area contributed by atoms with Crippen molar-refractivity contribution in [3.8, 4) is 11.5 Å². The molecule has 0 aliphatic heterocycles. The van der Waals surface area contributed by atoms with Gasteiger partial charge >= 0.3 is 0 Å². The number of carbonyl (C=O) groups excluding carboxylic acids is 2. The molecule has 1 aromatic heterocycles. The minimum atomic E-state index is -0.571. The van der Waals surface area contributed by atoms with Crippen LogP contribution in [0.3, 0.4) is 0 Å². The number of hydrogen-bond donors (Lipinski definition) is 3. The van der Waals surface area contributed by atoms with Crippen LogP contribution in [0.25, 0.3) is 0 Å². The van der Waals surface area contributed by atoms with Crippen LogP contribution in [-0.4, -0.2) is 28.5 Å². The van der Waals surface area contributed by atoms with E-state index < -0.39 is 11.8 Å². The second-order valence-corrected chi connectivity index (χ2v) is 4.10. The van der Waals surface area contributed by atoms with Crippen molar-refractivity contribution in [3.63, 3.8) is 0 Å². The maximum Gasteiger partial charge on any atom is 0.278 e. The average Bonchev–Trinajstić information content (AvgIpc) is 2.47. The van der Waals surface area contributed by atoms with Gasteiger partial charge in [-0.1, -0.05) is 0 Å². The van der Waals surface area contributed by atoms with E-state index in [4.69, 9.17) is 10.5 Å². The number of nitrogens with two attached hydrogens (primary N) is 1. The number of nitrogens with zero attached hydrogens (tertiary/aromatic N) is 1. The molecule has 2 rings (SSSR count). The van der Waals surface area contributed by atoms with Crippen LogP contribution in [0.4, 0.5) is 5.69 Å². The second-order valence-electron chi connectivity index (χ2n) is 4.10. The summed E-state index contributed by atoms with van der Waals surface area (Å²) in [6, 6.07) is 9.25. The summed E-state index contributed by atoms with van der Waals surface area (Å²) in [4.78, 5) is 26.3. The molecule has 2 aromatic rings. The highest BCUT2D eigenvalue weighted by atomic mass is 16.5. The Morgan fingerprint density at radius 1 is 1.24 bits per heavy atom. The summed E-state index contributed by atoms with van der Waals surface area (Å²) in [5.74, 6) is -0.846. The van der Waals surface area contributed by atoms with Crippen molar-refractivity contribution in [1.29, 1.82) is 0 Å². The summed E-state index contributed by atoms with van der Waals surface area (Å²) >= 11 is 0. The van der Waals surface area contributed by atoms with Gasteiger partial charge in [-0.3, -0.25) is 9.59 Å². The minimum Gasteiger partial charge on any atom is -0.505 e. The number of pyridine rings is 1. The minimum absolute atomic E-state index is 0.0634. The van der Waals surface area contributed by atoms with E-state index in [9.17, 15) is 14.7 Å². The van der Waals surface area contributed by atoms with E-state index in [-0.39, 0.29) is 18.1 Å². The lowest BCUT2D eigenvalue weighted by Crippen LogP contribution is -2.20. The third-order valence-corrected chi connectivity index (χ3v) is 2.49. The summed E-state index contributed by atoms with van der Waals surface area (Å²) in [7, 11) is 0. The maximum absolute atomic E-state index is 11.9. The molecule has 0 bridgehead atoms. The van der Waals surface area contributed by atoms with Crippen LogP contribution < -0.4 is 15.8 Å². The molecule has 0 saturated heterocycles. The normalized spacial score (nSPS) is 9.90. The number of benzene rings is 1. The number of rotatable bonds is 5. The number of anilines is 1. The summed E-state index contributed by atoms with van der Waals surface area (Å²) in [5, 5.41) is 12.1. The Balaban J connectivity index is 2.02. The van der Waals surface area contributed by atoms with Gasteiger partial charge in [-0.25, -0.2) is 4.98 Å². The third kappa shape index (κ3) is 3.93. The molecule has 7 heteroatoms. The fourth-order valence-corrected chi connectivity index (χ4v) is 1.55. The number of carbonyl (C=O) groups is 2. The quantitative estimate of drug-likeness (QED) is 0.756. The Hall–Kier alpha value is -3.09. The van der Waals surface area contributed by atoms with Crippen molar-refractivity contribution < 1.29 is 19.4 Å². The van der Waals surface area contributed by atoms with Crippen LogP contribution in [0, 0.1) is 0 Å². The molecule has 2 amide bonds. The Morgan fingerprint density at radius 2 is 1.95 bits per heavy atom. The Morgan fingerprint density at radius 3 is 2.57 bits per heavy atom. The number of nitrogens with one attached hydrogen (secondary N) is 1. The van der Waals surface area contributed by atoms with Crippen LogP contribution in [-0.2, 0) is 4.79 Å². The molecule has 1 aromatic carbocycles. The van der Waals surface area contributed by atoms with Gasteiger partial charge in [0.05, 0.1) is 0 Å². The summed E-state index contributed by atoms with van der Waals surface area (Å²) in [5.41, 5.74) is 5.40. The maximum atomic E-state index is 11.9. The van der Waals surface area contributed by atoms with Crippen LogP contribution in [0.5, 0.6) is 11.5 Å². The zero-order chi connectivity index (χ0) is 15.2. The number of aromatic nitrogens is 1. The van der Waals surface area contributed by atoms with Crippen molar-refractivity contribution in [2.24, 2.45) is 5.73 Å². The number of ether oxygens (including phenoxy) is 1. The second kappa shape index (κ2) is 6.38. The van der Waals surface area contributed by atoms with E-state index in [0.29, 0.717) is 11.4 Å². The lowest BCUT2D eigenvalue weighted by molar-refractivity contribution is -0.119. The van der Waals surface area contributed by atoms with Gasteiger partial charge in [0.2, 0.25) is 0 Å². The van der Waals surface area contributed by atoms with E-state index >= 15 is 0 Å². The largest absolute Gasteiger partial charge is 0.505 e. The van der Waals surface area contributed by atoms with Crippen molar-refractivity contribution in [2.75, 3.05) is 11.9 Å². The molecular formula is C14H13N3O4. The molecule has 21 heavy (non-hydrogen) atoms. The van der Waals surface area contributed by atoms with Crippen LogP contribution in [0.2, 0.25) is 0 Å². The van der Waals surface area contributed by atoms with Gasteiger partial charge < -0.3 is 20.9 Å². The first-order valence-electron chi connectivity index (χ1n) is 6.03. The first-order valence-corrected chi connectivity index (χ1v) is 6.03. The number of aromatic hydroxyl groups is 1. The molecule has 0 aliphatic rings. The number of hydrogen-bond acceptors (Lipinski definition) is 5. The van der Waals surface area contributed by atoms with E-state index in [0.717, 1.165) is 0 Å². The summed E-state index contributed by atoms with van der Waals surface area (Å²) in [6.07, 6.45) is 1.41. The Bertz CT molecular complexity index is 656. The van der Waals surface area contributed by atoms with E-state index in [1.165, 1.54) is 18.3 Å². The molecule has 0 unspecified atom stereocenters. The van der Waals surface area contributed by atoms with Gasteiger partial charge in [0.25, 0.3) is 11.8 Å². The Kier molecular flexibility index (Phi) is 4.35. The van der Waals surface area contributed by atoms with Crippen LogP contribution in [0.15, 0.2) is 42.6 Å². The summed E-state index contributed by atoms with van der Waals surface area (Å²) in [6.45, 7) is -0.215. The standard InChI is InChI=1S/C14H13N3O4/c15-12(19)8-21-10-5-3-9(4-6-10)17-14(20)13-11(18)2-1-7-16-13/h1-7,18H,8H2,(H2,15,19)(H,17,20). The van der Waals surface area contributed by atoms with E-state index in [2.05, 4.69) is 10.3 Å². The van der Waals surface area contributed by atoms with Crippen LogP contribution in [0.1, 0.15) is 10.5 Å². The van der Waals surface area contributed by atoms with Crippen molar-refractivity contribution in [1.82, 2.24) is 4.98 Å². The first kappa shape index (κ1) is 14.3. The fourth-order valence-electron chi connectivity index (χ4n) is 1.55. The molecular weight excluding hydrogens is 274 g/mol. The molecule has 108 valence electrons. The lowest BCUT2D eigenvalue weighted by Gasteiger charge is -2.07. The van der Waals surface area contributed by atoms with Gasteiger partial charge in [-0.05, 0) is 36.4 Å². The monoisotopic (exact) mass is 287 g/mol. The smallest absolute Gasteiger partial charge is 0.278 e. The molecule has 0 aliphatic carbocycles. The molecule has 7 nitrogen and oxygen atoms in total. The van der Waals surface area contributed by atoms with Gasteiger partial charge in [0.15, 0.2) is 12.3 Å². The van der Waals surface area contributed by atoms with Gasteiger partial charge in [-0.15, -0.1) is 0 Å². The molecule has 0 spiro atoms. The average molecular weight is 287 g/mol. The highest BCUT2D eigenvalue weighted by Gasteiger charge is 2.12. The first-order chi connectivity index (χ1) is 10.1. The molecule has 4 N–H and O–H groups in total. The summed E-state index contributed by atoms with van der Waals surface area (Å²) < 4.78 is 5.09. The zero-order valence-electron chi connectivity index (χ0n) is 10.9. The molecule has 0 radical (unpaired) electrons.